The van der Waals surface area contributed by atoms with Crippen molar-refractivity contribution < 1.29 is 0 Å². The summed E-state index contributed by atoms with van der Waals surface area (Å²) in [6, 6.07) is 9.40. The normalized spacial score (nSPS) is 11.4. The third-order valence-electron chi connectivity index (χ3n) is 3.44. The van der Waals surface area contributed by atoms with Crippen molar-refractivity contribution in [1.29, 1.82) is 0 Å². The molecule has 0 spiro atoms. The van der Waals surface area contributed by atoms with Crippen LogP contribution >= 0.6 is 15.9 Å². The molecule has 4 rings (SSSR count). The number of halogens is 1. The third kappa shape index (κ3) is 1.93. The molecule has 0 aliphatic heterocycles. The van der Waals surface area contributed by atoms with Crippen LogP contribution in [0.15, 0.2) is 52.0 Å². The summed E-state index contributed by atoms with van der Waals surface area (Å²) in [5.74, 6) is 1.11. The second-order valence-corrected chi connectivity index (χ2v) is 5.81. The van der Waals surface area contributed by atoms with Crippen molar-refractivity contribution in [3.05, 3.63) is 63.4 Å². The van der Waals surface area contributed by atoms with Gasteiger partial charge in [-0.3, -0.25) is 9.36 Å². The van der Waals surface area contributed by atoms with Crippen molar-refractivity contribution in [3.8, 4) is 5.69 Å². The second kappa shape index (κ2) is 4.74. The molecular formula is C15H10BrN5O. The van der Waals surface area contributed by atoms with E-state index in [0.717, 1.165) is 10.2 Å². The Bertz CT molecular complexity index is 1070. The summed E-state index contributed by atoms with van der Waals surface area (Å²) in [6.07, 6.45) is 3.29. The molecule has 0 saturated heterocycles. The van der Waals surface area contributed by atoms with Gasteiger partial charge in [0.05, 0.1) is 10.9 Å². The highest BCUT2D eigenvalue weighted by Crippen LogP contribution is 2.15. The molecule has 22 heavy (non-hydrogen) atoms. The first-order valence-corrected chi connectivity index (χ1v) is 7.42. The molecule has 1 aromatic carbocycles. The lowest BCUT2D eigenvalue weighted by atomic mass is 10.2. The number of pyridine rings is 1. The molecule has 3 heterocycles. The van der Waals surface area contributed by atoms with Gasteiger partial charge in [-0.2, -0.15) is 9.50 Å². The maximum Gasteiger partial charge on any atom is 0.266 e. The van der Waals surface area contributed by atoms with Gasteiger partial charge in [0.15, 0.2) is 0 Å². The first-order chi connectivity index (χ1) is 10.6. The molecule has 0 unspecified atom stereocenters. The van der Waals surface area contributed by atoms with E-state index in [4.69, 9.17) is 0 Å². The molecule has 4 aromatic rings. The molecule has 0 saturated carbocycles. The quantitative estimate of drug-likeness (QED) is 0.526. The van der Waals surface area contributed by atoms with Crippen molar-refractivity contribution in [2.45, 2.75) is 6.92 Å². The molecule has 108 valence electrons. The predicted molar refractivity (Wildman–Crippen MR) is 86.3 cm³/mol. The van der Waals surface area contributed by atoms with Crippen LogP contribution in [0.1, 0.15) is 5.82 Å². The van der Waals surface area contributed by atoms with Gasteiger partial charge in [0.25, 0.3) is 11.3 Å². The summed E-state index contributed by atoms with van der Waals surface area (Å²) in [5, 5.41) is 4.79. The number of nitrogens with zero attached hydrogens (tertiary/aromatic N) is 5. The Balaban J connectivity index is 2.03. The van der Waals surface area contributed by atoms with E-state index in [0.29, 0.717) is 22.5 Å². The van der Waals surface area contributed by atoms with Crippen LogP contribution in [0.3, 0.4) is 0 Å². The third-order valence-corrected chi connectivity index (χ3v) is 3.97. The number of fused-ring (bicyclic) bond motifs is 3. The molecular weight excluding hydrogens is 346 g/mol. The Labute approximate surface area is 133 Å². The van der Waals surface area contributed by atoms with E-state index in [1.165, 1.54) is 0 Å². The highest BCUT2D eigenvalue weighted by atomic mass is 79.9. The van der Waals surface area contributed by atoms with E-state index < -0.39 is 0 Å². The molecule has 7 heteroatoms. The smallest absolute Gasteiger partial charge is 0.266 e. The molecule has 0 N–H and O–H groups in total. The van der Waals surface area contributed by atoms with E-state index in [1.807, 2.05) is 30.3 Å². The lowest BCUT2D eigenvalue weighted by Gasteiger charge is -2.07. The molecule has 0 aliphatic rings. The van der Waals surface area contributed by atoms with Gasteiger partial charge in [-0.15, -0.1) is 5.10 Å². The first-order valence-electron chi connectivity index (χ1n) is 6.63. The van der Waals surface area contributed by atoms with E-state index in [1.54, 1.807) is 28.4 Å². The van der Waals surface area contributed by atoms with Gasteiger partial charge in [0.2, 0.25) is 0 Å². The highest BCUT2D eigenvalue weighted by Gasteiger charge is 2.10. The Hall–Kier alpha value is -2.54. The van der Waals surface area contributed by atoms with Gasteiger partial charge in [-0.1, -0.05) is 15.9 Å². The van der Waals surface area contributed by atoms with E-state index >= 15 is 0 Å². The molecule has 0 bridgehead atoms. The Morgan fingerprint density at radius 2 is 1.91 bits per heavy atom. The Kier molecular flexibility index (Phi) is 2.83. The Morgan fingerprint density at radius 3 is 2.68 bits per heavy atom. The SMILES string of the molecule is Cc1nc2ncc3c(=O)n(-c4ccc(Br)cc4)ccc3n2n1. The van der Waals surface area contributed by atoms with Crippen molar-refractivity contribution in [2.75, 3.05) is 0 Å². The van der Waals surface area contributed by atoms with E-state index in [9.17, 15) is 4.79 Å². The molecule has 0 radical (unpaired) electrons. The van der Waals surface area contributed by atoms with Gasteiger partial charge < -0.3 is 0 Å². The highest BCUT2D eigenvalue weighted by molar-refractivity contribution is 9.10. The lowest BCUT2D eigenvalue weighted by molar-refractivity contribution is 0.939. The zero-order valence-electron chi connectivity index (χ0n) is 11.6. The number of aryl methyl sites for hydroxylation is 1. The van der Waals surface area contributed by atoms with Crippen molar-refractivity contribution in [3.63, 3.8) is 0 Å². The summed E-state index contributed by atoms with van der Waals surface area (Å²) in [7, 11) is 0. The van der Waals surface area contributed by atoms with Crippen LogP contribution in [-0.2, 0) is 0 Å². The summed E-state index contributed by atoms with van der Waals surface area (Å²) in [4.78, 5) is 21.1. The van der Waals surface area contributed by atoms with Gasteiger partial charge in [0, 0.05) is 22.6 Å². The minimum absolute atomic E-state index is 0.137. The fourth-order valence-corrected chi connectivity index (χ4v) is 2.69. The molecule has 0 amide bonds. The summed E-state index contributed by atoms with van der Waals surface area (Å²) < 4.78 is 4.15. The molecule has 0 atom stereocenters. The molecule has 0 aliphatic carbocycles. The van der Waals surface area contributed by atoms with Crippen LogP contribution in [0.25, 0.3) is 22.4 Å². The number of aromatic nitrogens is 5. The monoisotopic (exact) mass is 355 g/mol. The number of benzene rings is 1. The van der Waals surface area contributed by atoms with Crippen LogP contribution in [0.4, 0.5) is 0 Å². The molecule has 6 nitrogen and oxygen atoms in total. The fourth-order valence-electron chi connectivity index (χ4n) is 2.42. The summed E-state index contributed by atoms with van der Waals surface area (Å²) in [6.45, 7) is 1.80. The summed E-state index contributed by atoms with van der Waals surface area (Å²) >= 11 is 3.39. The zero-order valence-corrected chi connectivity index (χ0v) is 13.1. The molecule has 3 aromatic heterocycles. The number of rotatable bonds is 1. The molecule has 0 fully saturated rings. The van der Waals surface area contributed by atoms with Crippen LogP contribution < -0.4 is 5.56 Å². The van der Waals surface area contributed by atoms with Gasteiger partial charge in [0.1, 0.15) is 5.82 Å². The van der Waals surface area contributed by atoms with Crippen LogP contribution in [0, 0.1) is 6.92 Å². The maximum atomic E-state index is 12.7. The zero-order chi connectivity index (χ0) is 15.3. The van der Waals surface area contributed by atoms with E-state index in [2.05, 4.69) is 31.0 Å². The van der Waals surface area contributed by atoms with Crippen molar-refractivity contribution in [2.24, 2.45) is 0 Å². The average molecular weight is 356 g/mol. The first kappa shape index (κ1) is 13.1. The lowest BCUT2D eigenvalue weighted by Crippen LogP contribution is -2.18. The van der Waals surface area contributed by atoms with Gasteiger partial charge in [-0.25, -0.2) is 4.98 Å². The Morgan fingerprint density at radius 1 is 1.14 bits per heavy atom. The number of hydrogen-bond acceptors (Lipinski definition) is 4. The van der Waals surface area contributed by atoms with Crippen molar-refractivity contribution >= 4 is 32.6 Å². The largest absolute Gasteiger partial charge is 0.284 e. The van der Waals surface area contributed by atoms with Crippen LogP contribution in [-0.4, -0.2) is 24.1 Å². The maximum absolute atomic E-state index is 12.7. The summed E-state index contributed by atoms with van der Waals surface area (Å²) in [5.41, 5.74) is 1.36. The fraction of sp³-hybridized carbons (Fsp3) is 0.0667. The van der Waals surface area contributed by atoms with Gasteiger partial charge >= 0.3 is 0 Å². The second-order valence-electron chi connectivity index (χ2n) is 4.90. The van der Waals surface area contributed by atoms with Crippen molar-refractivity contribution in [1.82, 2.24) is 24.1 Å². The van der Waals surface area contributed by atoms with Gasteiger partial charge in [-0.05, 0) is 37.3 Å². The topological polar surface area (TPSA) is 65.1 Å². The average Bonchev–Trinajstić information content (AvgIpc) is 2.89. The standard InChI is InChI=1S/C15H10BrN5O/c1-9-18-15-17-8-12-13(21(15)19-9)6-7-20(14(12)22)11-4-2-10(16)3-5-11/h2-8H,1H3. The predicted octanol–water partition coefficient (Wildman–Crippen LogP) is 2.50. The minimum Gasteiger partial charge on any atom is -0.284 e. The van der Waals surface area contributed by atoms with Crippen LogP contribution in [0.5, 0.6) is 0 Å². The van der Waals surface area contributed by atoms with E-state index in [-0.39, 0.29) is 5.56 Å². The minimum atomic E-state index is -0.137. The van der Waals surface area contributed by atoms with Crippen LogP contribution in [0.2, 0.25) is 0 Å². The number of hydrogen-bond donors (Lipinski definition) is 0.